The summed E-state index contributed by atoms with van der Waals surface area (Å²) >= 11 is 1.05. The van der Waals surface area contributed by atoms with Gasteiger partial charge in [-0.15, -0.1) is 0 Å². The summed E-state index contributed by atoms with van der Waals surface area (Å²) in [5.41, 5.74) is 0.352. The lowest BCUT2D eigenvalue weighted by Gasteiger charge is -2.35. The van der Waals surface area contributed by atoms with Gasteiger partial charge in [0.2, 0.25) is 0 Å². The quantitative estimate of drug-likeness (QED) is 0.111. The fraction of sp³-hybridized carbons (Fsp3) is 0.583. The number of aromatic nitrogens is 2. The number of aliphatic hydroxyl groups excluding tert-OH is 1. The molecule has 1 aromatic heterocycles. The molecular formula is C24H37F2N5O4S2Si. The van der Waals surface area contributed by atoms with Crippen LogP contribution in [-0.2, 0) is 20.7 Å². The Balaban J connectivity index is 1.93. The minimum absolute atomic E-state index is 0.0348. The van der Waals surface area contributed by atoms with Gasteiger partial charge < -0.3 is 15.2 Å². The van der Waals surface area contributed by atoms with Crippen LogP contribution in [0.4, 0.5) is 20.4 Å². The van der Waals surface area contributed by atoms with Gasteiger partial charge in [0.15, 0.2) is 22.6 Å². The van der Waals surface area contributed by atoms with Crippen molar-refractivity contribution in [3.63, 3.8) is 0 Å². The zero-order valence-electron chi connectivity index (χ0n) is 22.5. The predicted molar refractivity (Wildman–Crippen MR) is 149 cm³/mol. The number of hydrogen-bond donors (Lipinski definition) is 2. The molecule has 0 unspecified atom stereocenters. The monoisotopic (exact) mass is 589 g/mol. The van der Waals surface area contributed by atoms with E-state index in [0.717, 1.165) is 28.5 Å². The Hall–Kier alpha value is -1.84. The van der Waals surface area contributed by atoms with Gasteiger partial charge in [-0.1, -0.05) is 43.5 Å². The van der Waals surface area contributed by atoms with Gasteiger partial charge in [0.05, 0.1) is 6.61 Å². The Labute approximate surface area is 229 Å². The van der Waals surface area contributed by atoms with Crippen molar-refractivity contribution < 1.29 is 27.0 Å². The third kappa shape index (κ3) is 8.08. The number of aliphatic hydroxyl groups is 1. The number of hydrogen-bond acceptors (Lipinski definition) is 8. The van der Waals surface area contributed by atoms with E-state index in [1.54, 1.807) is 6.92 Å². The lowest BCUT2D eigenvalue weighted by atomic mass is 10.1. The average molecular weight is 590 g/mol. The minimum atomic E-state index is -3.92. The molecule has 14 heteroatoms. The van der Waals surface area contributed by atoms with Crippen LogP contribution in [0.15, 0.2) is 23.4 Å². The molecule has 3 rings (SSSR count). The smallest absolute Gasteiger partial charge is 0.307 e. The van der Waals surface area contributed by atoms with E-state index in [1.807, 2.05) is 0 Å². The van der Waals surface area contributed by atoms with Crippen LogP contribution in [0.1, 0.15) is 24.5 Å². The molecule has 2 aromatic rings. The molecule has 2 N–H and O–H groups in total. The van der Waals surface area contributed by atoms with E-state index in [9.17, 15) is 22.3 Å². The molecule has 38 heavy (non-hydrogen) atoms. The van der Waals surface area contributed by atoms with E-state index in [0.29, 0.717) is 25.5 Å². The van der Waals surface area contributed by atoms with Gasteiger partial charge in [-0.05, 0) is 31.9 Å². The third-order valence-corrected chi connectivity index (χ3v) is 10.4. The van der Waals surface area contributed by atoms with Gasteiger partial charge in [-0.2, -0.15) is 12.7 Å². The highest BCUT2D eigenvalue weighted by Gasteiger charge is 2.35. The fourth-order valence-electron chi connectivity index (χ4n) is 3.35. The van der Waals surface area contributed by atoms with Gasteiger partial charge >= 0.3 is 10.2 Å². The van der Waals surface area contributed by atoms with Gasteiger partial charge in [-0.25, -0.2) is 23.1 Å². The number of rotatable bonds is 14. The van der Waals surface area contributed by atoms with E-state index in [2.05, 4.69) is 34.9 Å². The van der Waals surface area contributed by atoms with Crippen LogP contribution in [0, 0.1) is 18.6 Å². The Morgan fingerprint density at radius 3 is 2.55 bits per heavy atom. The first kappa shape index (κ1) is 30.7. The normalized spacial score (nSPS) is 15.3. The standard InChI is InChI=1S/C24H37F2N5O4S2Si/c1-17-7-8-19(23(26)22(17)25)15-36-24-28-20(27-18(2)14-32)13-21(29-24)31(16-35-11-12-38(3,4)5)37(33,34)30-9-6-10-30/h7-8,13,18,32H,6,9-12,14-16H2,1-5H3,(H,27,28,29)/t18-/m1/s1. The zero-order chi connectivity index (χ0) is 28.1. The maximum atomic E-state index is 14.4. The van der Waals surface area contributed by atoms with Crippen LogP contribution in [0.25, 0.3) is 0 Å². The number of anilines is 2. The minimum Gasteiger partial charge on any atom is -0.394 e. The SMILES string of the molecule is Cc1ccc(CSc2nc(N[C@H](C)CO)cc(N(COCC[Si](C)(C)C)S(=O)(=O)N3CCC3)n2)c(F)c1F. The first-order valence-corrected chi connectivity index (χ1v) is 18.6. The van der Waals surface area contributed by atoms with Crippen LogP contribution in [0.3, 0.4) is 0 Å². The maximum Gasteiger partial charge on any atom is 0.307 e. The molecule has 1 fully saturated rings. The van der Waals surface area contributed by atoms with Crippen LogP contribution in [0.2, 0.25) is 25.7 Å². The summed E-state index contributed by atoms with van der Waals surface area (Å²) in [7, 11) is -5.31. The predicted octanol–water partition coefficient (Wildman–Crippen LogP) is 4.22. The fourth-order valence-corrected chi connectivity index (χ4v) is 6.47. The Morgan fingerprint density at radius 1 is 1.24 bits per heavy atom. The summed E-state index contributed by atoms with van der Waals surface area (Å²) in [6.45, 7) is 10.7. The van der Waals surface area contributed by atoms with Gasteiger partial charge in [-0.3, -0.25) is 0 Å². The van der Waals surface area contributed by atoms with E-state index in [1.165, 1.54) is 29.4 Å². The molecule has 1 atom stereocenters. The molecule has 2 heterocycles. The summed E-state index contributed by atoms with van der Waals surface area (Å²) < 4.78 is 63.7. The molecule has 0 amide bonds. The summed E-state index contributed by atoms with van der Waals surface area (Å²) in [4.78, 5) is 8.89. The molecule has 0 radical (unpaired) electrons. The lowest BCUT2D eigenvalue weighted by Crippen LogP contribution is -2.51. The Morgan fingerprint density at radius 2 is 1.95 bits per heavy atom. The topological polar surface area (TPSA) is 108 Å². The van der Waals surface area contributed by atoms with Crippen molar-refractivity contribution in [3.8, 4) is 0 Å². The second-order valence-electron chi connectivity index (χ2n) is 10.5. The summed E-state index contributed by atoms with van der Waals surface area (Å²) in [5.74, 6) is -1.42. The van der Waals surface area contributed by atoms with Crippen LogP contribution in [-0.4, -0.2) is 74.9 Å². The van der Waals surface area contributed by atoms with Crippen molar-refractivity contribution in [2.24, 2.45) is 0 Å². The van der Waals surface area contributed by atoms with Crippen molar-refractivity contribution in [2.45, 2.75) is 62.9 Å². The highest BCUT2D eigenvalue weighted by molar-refractivity contribution is 7.98. The Bertz CT molecular complexity index is 1210. The van der Waals surface area contributed by atoms with E-state index < -0.39 is 29.9 Å². The second kappa shape index (κ2) is 13.0. The van der Waals surface area contributed by atoms with E-state index in [-0.39, 0.29) is 47.2 Å². The molecule has 9 nitrogen and oxygen atoms in total. The van der Waals surface area contributed by atoms with Gasteiger partial charge in [0, 0.05) is 51.2 Å². The number of aryl methyl sites for hydroxylation is 1. The number of halogens is 2. The molecule has 0 bridgehead atoms. The molecule has 1 saturated heterocycles. The number of benzene rings is 1. The molecule has 212 valence electrons. The average Bonchev–Trinajstić information content (AvgIpc) is 2.79. The van der Waals surface area contributed by atoms with Gasteiger partial charge in [0.25, 0.3) is 0 Å². The summed E-state index contributed by atoms with van der Waals surface area (Å²) in [6.07, 6.45) is 0.772. The number of thioether (sulfide) groups is 1. The van der Waals surface area contributed by atoms with Crippen molar-refractivity contribution in [3.05, 3.63) is 41.0 Å². The van der Waals surface area contributed by atoms with E-state index in [4.69, 9.17) is 4.74 Å². The van der Waals surface area contributed by atoms with Crippen molar-refractivity contribution >= 4 is 41.7 Å². The highest BCUT2D eigenvalue weighted by atomic mass is 32.2. The number of nitrogens with zero attached hydrogens (tertiary/aromatic N) is 4. The van der Waals surface area contributed by atoms with Crippen molar-refractivity contribution in [2.75, 3.05) is 42.7 Å². The van der Waals surface area contributed by atoms with Gasteiger partial charge in [0.1, 0.15) is 12.5 Å². The van der Waals surface area contributed by atoms with Crippen LogP contribution < -0.4 is 9.62 Å². The first-order chi connectivity index (χ1) is 17.8. The number of ether oxygens (including phenoxy) is 1. The second-order valence-corrected chi connectivity index (χ2v) is 19.0. The first-order valence-electron chi connectivity index (χ1n) is 12.5. The molecule has 1 aromatic carbocycles. The molecular weight excluding hydrogens is 553 g/mol. The largest absolute Gasteiger partial charge is 0.394 e. The summed E-state index contributed by atoms with van der Waals surface area (Å²) in [6, 6.07) is 4.99. The lowest BCUT2D eigenvalue weighted by molar-refractivity contribution is 0.154. The highest BCUT2D eigenvalue weighted by Crippen LogP contribution is 2.29. The maximum absolute atomic E-state index is 14.4. The Kier molecular flexibility index (Phi) is 10.5. The zero-order valence-corrected chi connectivity index (χ0v) is 25.1. The molecule has 1 aliphatic rings. The van der Waals surface area contributed by atoms with Crippen molar-refractivity contribution in [1.29, 1.82) is 0 Å². The molecule has 0 spiro atoms. The van der Waals surface area contributed by atoms with E-state index >= 15 is 0 Å². The molecule has 0 saturated carbocycles. The third-order valence-electron chi connectivity index (χ3n) is 5.95. The van der Waals surface area contributed by atoms with Crippen LogP contribution in [0.5, 0.6) is 0 Å². The molecule has 0 aliphatic carbocycles. The number of nitrogens with one attached hydrogen (secondary N) is 1. The summed E-state index contributed by atoms with van der Waals surface area (Å²) in [5, 5.41) is 12.7. The van der Waals surface area contributed by atoms with Crippen LogP contribution >= 0.6 is 11.8 Å². The van der Waals surface area contributed by atoms with Crippen molar-refractivity contribution in [1.82, 2.24) is 14.3 Å². The molecule has 1 aliphatic heterocycles.